The van der Waals surface area contributed by atoms with Crippen molar-refractivity contribution in [1.82, 2.24) is 0 Å². The number of carbonyl (C=O) groups is 2. The van der Waals surface area contributed by atoms with Crippen molar-refractivity contribution in [3.63, 3.8) is 0 Å². The lowest BCUT2D eigenvalue weighted by Crippen LogP contribution is -2.11. The van der Waals surface area contributed by atoms with E-state index in [1.165, 1.54) is 0 Å². The van der Waals surface area contributed by atoms with Gasteiger partial charge in [-0.15, -0.1) is 0 Å². The van der Waals surface area contributed by atoms with E-state index >= 15 is 0 Å². The van der Waals surface area contributed by atoms with Crippen LogP contribution in [0.2, 0.25) is 0 Å². The number of hydrogen-bond acceptors (Lipinski definition) is 5. The van der Waals surface area contributed by atoms with Gasteiger partial charge >= 0.3 is 0 Å². The second kappa shape index (κ2) is 8.48. The summed E-state index contributed by atoms with van der Waals surface area (Å²) in [6.07, 6.45) is 1.74. The number of ether oxygens (including phenoxy) is 3. The van der Waals surface area contributed by atoms with E-state index in [4.69, 9.17) is 14.2 Å². The van der Waals surface area contributed by atoms with E-state index in [9.17, 15) is 9.59 Å². The van der Waals surface area contributed by atoms with Crippen molar-refractivity contribution in [1.29, 1.82) is 0 Å². The molecule has 0 radical (unpaired) electrons. The number of allylic oxidation sites excluding steroid dienone is 1. The van der Waals surface area contributed by atoms with Gasteiger partial charge in [-0.3, -0.25) is 9.59 Å². The molecule has 1 aliphatic heterocycles. The van der Waals surface area contributed by atoms with Gasteiger partial charge in [0.05, 0.1) is 12.7 Å². The Morgan fingerprint density at radius 3 is 2.48 bits per heavy atom. The summed E-state index contributed by atoms with van der Waals surface area (Å²) in [5, 5.41) is 0. The zero-order valence-electron chi connectivity index (χ0n) is 17.6. The van der Waals surface area contributed by atoms with Gasteiger partial charge in [0.1, 0.15) is 17.2 Å². The predicted octanol–water partition coefficient (Wildman–Crippen LogP) is 5.19. The Morgan fingerprint density at radius 2 is 1.77 bits per heavy atom. The standard InChI is InChI=1S/C26H22O5/c1-16-5-4-6-18(11-16)13-24-26(28)25-17(2)12-21(14-23(25)31-24)30-15-22(27)19-7-9-20(29-3)10-8-19/h4-14H,15H2,1-3H3/b24-13-. The average molecular weight is 414 g/mol. The molecule has 0 aromatic heterocycles. The minimum absolute atomic E-state index is 0.121. The van der Waals surface area contributed by atoms with E-state index < -0.39 is 0 Å². The molecule has 0 saturated heterocycles. The molecule has 3 aromatic carbocycles. The molecule has 0 saturated carbocycles. The molecule has 0 unspecified atom stereocenters. The summed E-state index contributed by atoms with van der Waals surface area (Å²) in [6.45, 7) is 3.70. The van der Waals surface area contributed by atoms with Crippen LogP contribution in [0.1, 0.15) is 37.4 Å². The molecular formula is C26H22O5. The van der Waals surface area contributed by atoms with Gasteiger partial charge in [-0.05, 0) is 61.4 Å². The summed E-state index contributed by atoms with van der Waals surface area (Å²) in [5.74, 6) is 1.56. The number of rotatable bonds is 6. The lowest BCUT2D eigenvalue weighted by Gasteiger charge is -2.09. The van der Waals surface area contributed by atoms with E-state index in [1.54, 1.807) is 49.6 Å². The monoisotopic (exact) mass is 414 g/mol. The first-order valence-electron chi connectivity index (χ1n) is 9.90. The zero-order chi connectivity index (χ0) is 22.0. The van der Waals surface area contributed by atoms with E-state index in [1.807, 2.05) is 38.1 Å². The smallest absolute Gasteiger partial charge is 0.232 e. The molecule has 0 bridgehead atoms. The summed E-state index contributed by atoms with van der Waals surface area (Å²) in [6, 6.07) is 18.1. The minimum atomic E-state index is -0.158. The van der Waals surface area contributed by atoms with Gasteiger partial charge in [-0.1, -0.05) is 29.8 Å². The predicted molar refractivity (Wildman–Crippen MR) is 118 cm³/mol. The summed E-state index contributed by atoms with van der Waals surface area (Å²) >= 11 is 0. The summed E-state index contributed by atoms with van der Waals surface area (Å²) in [4.78, 5) is 25.2. The number of hydrogen-bond donors (Lipinski definition) is 0. The maximum absolute atomic E-state index is 12.8. The van der Waals surface area contributed by atoms with Gasteiger partial charge in [-0.2, -0.15) is 0 Å². The van der Waals surface area contributed by atoms with Crippen molar-refractivity contribution < 1.29 is 23.8 Å². The molecule has 0 N–H and O–H groups in total. The summed E-state index contributed by atoms with van der Waals surface area (Å²) < 4.78 is 16.6. The molecule has 0 atom stereocenters. The third-order valence-corrected chi connectivity index (χ3v) is 5.07. The van der Waals surface area contributed by atoms with Crippen LogP contribution >= 0.6 is 0 Å². The van der Waals surface area contributed by atoms with Crippen molar-refractivity contribution >= 4 is 17.6 Å². The number of Topliss-reactive ketones (excluding diaryl/α,β-unsaturated/α-hetero) is 2. The van der Waals surface area contributed by atoms with E-state index in [2.05, 4.69) is 0 Å². The number of aryl methyl sites for hydroxylation is 2. The van der Waals surface area contributed by atoms with Crippen LogP contribution in [0.4, 0.5) is 0 Å². The largest absolute Gasteiger partial charge is 0.497 e. The second-order valence-electron chi connectivity index (χ2n) is 7.41. The molecule has 5 nitrogen and oxygen atoms in total. The fraction of sp³-hybridized carbons (Fsp3) is 0.154. The fourth-order valence-electron chi connectivity index (χ4n) is 3.48. The van der Waals surface area contributed by atoms with Crippen molar-refractivity contribution in [2.24, 2.45) is 0 Å². The lowest BCUT2D eigenvalue weighted by molar-refractivity contribution is 0.0920. The van der Waals surface area contributed by atoms with Crippen molar-refractivity contribution in [2.45, 2.75) is 13.8 Å². The Labute approximate surface area is 180 Å². The van der Waals surface area contributed by atoms with Gasteiger partial charge in [0.25, 0.3) is 0 Å². The highest BCUT2D eigenvalue weighted by Crippen LogP contribution is 2.37. The van der Waals surface area contributed by atoms with Crippen LogP contribution in [0.25, 0.3) is 6.08 Å². The van der Waals surface area contributed by atoms with E-state index in [0.717, 1.165) is 16.7 Å². The number of ketones is 2. The Hall–Kier alpha value is -3.86. The highest BCUT2D eigenvalue weighted by atomic mass is 16.5. The van der Waals surface area contributed by atoms with Crippen LogP contribution < -0.4 is 14.2 Å². The first-order valence-corrected chi connectivity index (χ1v) is 9.90. The van der Waals surface area contributed by atoms with Crippen LogP contribution in [0.15, 0.2) is 66.4 Å². The zero-order valence-corrected chi connectivity index (χ0v) is 17.6. The van der Waals surface area contributed by atoms with Gasteiger partial charge in [0.15, 0.2) is 18.1 Å². The highest BCUT2D eigenvalue weighted by molar-refractivity contribution is 6.15. The van der Waals surface area contributed by atoms with Crippen LogP contribution in [0, 0.1) is 13.8 Å². The Bertz CT molecular complexity index is 1190. The normalized spacial score (nSPS) is 13.6. The SMILES string of the molecule is COc1ccc(C(=O)COc2cc(C)c3c(c2)O/C(=C\c2cccc(C)c2)C3=O)cc1. The van der Waals surface area contributed by atoms with Crippen LogP contribution in [0.3, 0.4) is 0 Å². The van der Waals surface area contributed by atoms with Crippen molar-refractivity contribution in [2.75, 3.05) is 13.7 Å². The molecule has 5 heteroatoms. The number of carbonyl (C=O) groups excluding carboxylic acids is 2. The molecule has 31 heavy (non-hydrogen) atoms. The number of fused-ring (bicyclic) bond motifs is 1. The van der Waals surface area contributed by atoms with E-state index in [-0.39, 0.29) is 23.9 Å². The molecule has 1 heterocycles. The molecular weight excluding hydrogens is 392 g/mol. The Balaban J connectivity index is 1.50. The number of benzene rings is 3. The third-order valence-electron chi connectivity index (χ3n) is 5.07. The van der Waals surface area contributed by atoms with Gasteiger partial charge in [-0.25, -0.2) is 0 Å². The van der Waals surface area contributed by atoms with Crippen molar-refractivity contribution in [3.05, 3.63) is 94.2 Å². The quantitative estimate of drug-likeness (QED) is 0.410. The Kier molecular flexibility index (Phi) is 5.58. The second-order valence-corrected chi connectivity index (χ2v) is 7.41. The van der Waals surface area contributed by atoms with Gasteiger partial charge < -0.3 is 14.2 Å². The molecule has 4 rings (SSSR count). The number of methoxy groups -OCH3 is 1. The maximum Gasteiger partial charge on any atom is 0.232 e. The highest BCUT2D eigenvalue weighted by Gasteiger charge is 2.30. The van der Waals surface area contributed by atoms with Crippen molar-refractivity contribution in [3.8, 4) is 17.2 Å². The van der Waals surface area contributed by atoms with Crippen LogP contribution in [-0.4, -0.2) is 25.3 Å². The van der Waals surface area contributed by atoms with Crippen LogP contribution in [0.5, 0.6) is 17.2 Å². The Morgan fingerprint density at radius 1 is 1.00 bits per heavy atom. The maximum atomic E-state index is 12.8. The van der Waals surface area contributed by atoms with E-state index in [0.29, 0.717) is 28.4 Å². The third kappa shape index (κ3) is 4.36. The molecule has 0 amide bonds. The molecule has 0 aliphatic carbocycles. The summed E-state index contributed by atoms with van der Waals surface area (Å²) in [5.41, 5.74) is 3.80. The topological polar surface area (TPSA) is 61.8 Å². The molecule has 156 valence electrons. The van der Waals surface area contributed by atoms with Gasteiger partial charge in [0, 0.05) is 11.6 Å². The first-order chi connectivity index (χ1) is 14.9. The molecule has 3 aromatic rings. The average Bonchev–Trinajstić information content (AvgIpc) is 3.07. The lowest BCUT2D eigenvalue weighted by atomic mass is 10.0. The molecule has 0 spiro atoms. The fourth-order valence-corrected chi connectivity index (χ4v) is 3.48. The molecule has 0 fully saturated rings. The minimum Gasteiger partial charge on any atom is -0.497 e. The van der Waals surface area contributed by atoms with Gasteiger partial charge in [0.2, 0.25) is 5.78 Å². The van der Waals surface area contributed by atoms with Crippen LogP contribution in [-0.2, 0) is 0 Å². The molecule has 1 aliphatic rings. The first kappa shape index (κ1) is 20.4. The summed E-state index contributed by atoms with van der Waals surface area (Å²) in [7, 11) is 1.57.